The highest BCUT2D eigenvalue weighted by Gasteiger charge is 2.20. The van der Waals surface area contributed by atoms with Crippen molar-refractivity contribution in [2.75, 3.05) is 13.2 Å². The highest BCUT2D eigenvalue weighted by Crippen LogP contribution is 2.17. The molecule has 0 aliphatic carbocycles. The minimum atomic E-state index is -0.662. The second kappa shape index (κ2) is 53.2. The van der Waals surface area contributed by atoms with Crippen LogP contribution in [-0.4, -0.2) is 47.4 Å². The number of amides is 1. The smallest absolute Gasteiger partial charge is 0.305 e. The molecule has 374 valence electrons. The molecule has 0 spiro atoms. The minimum Gasteiger partial charge on any atom is -0.466 e. The Kier molecular flexibility index (Phi) is 52.0. The third-order valence-electron chi connectivity index (χ3n) is 13.3. The first kappa shape index (κ1) is 61.6. The van der Waals surface area contributed by atoms with E-state index in [1.807, 2.05) is 0 Å². The van der Waals surface area contributed by atoms with Crippen LogP contribution in [-0.2, 0) is 14.3 Å². The number of allylic oxidation sites excluding steroid dienone is 2. The highest BCUT2D eigenvalue weighted by atomic mass is 16.5. The lowest BCUT2D eigenvalue weighted by molar-refractivity contribution is -0.143. The van der Waals surface area contributed by atoms with Crippen LogP contribution < -0.4 is 5.32 Å². The monoisotopic (exact) mass is 890 g/mol. The van der Waals surface area contributed by atoms with Gasteiger partial charge >= 0.3 is 5.97 Å². The van der Waals surface area contributed by atoms with Gasteiger partial charge in [-0.1, -0.05) is 264 Å². The van der Waals surface area contributed by atoms with E-state index in [9.17, 15) is 19.8 Å². The van der Waals surface area contributed by atoms with Gasteiger partial charge in [-0.3, -0.25) is 9.59 Å². The van der Waals surface area contributed by atoms with Gasteiger partial charge < -0.3 is 20.3 Å². The van der Waals surface area contributed by atoms with Gasteiger partial charge in [-0.15, -0.1) is 0 Å². The van der Waals surface area contributed by atoms with Crippen molar-refractivity contribution in [3.05, 3.63) is 12.2 Å². The molecule has 0 rings (SSSR count). The molecule has 2 atom stereocenters. The van der Waals surface area contributed by atoms with E-state index in [1.54, 1.807) is 0 Å². The van der Waals surface area contributed by atoms with E-state index in [0.29, 0.717) is 25.9 Å². The van der Waals surface area contributed by atoms with Crippen molar-refractivity contribution in [3.8, 4) is 0 Å². The number of carbonyl (C=O) groups is 2. The van der Waals surface area contributed by atoms with E-state index >= 15 is 0 Å². The number of hydrogen-bond donors (Lipinski definition) is 3. The zero-order valence-corrected chi connectivity index (χ0v) is 42.6. The third kappa shape index (κ3) is 49.9. The summed E-state index contributed by atoms with van der Waals surface area (Å²) in [6.45, 7) is 4.93. The van der Waals surface area contributed by atoms with Crippen molar-refractivity contribution < 1.29 is 24.5 Å². The molecule has 2 unspecified atom stereocenters. The summed E-state index contributed by atoms with van der Waals surface area (Å²) in [6.07, 6.45) is 62.1. The van der Waals surface area contributed by atoms with Gasteiger partial charge in [0.05, 0.1) is 25.4 Å². The molecule has 3 N–H and O–H groups in total. The largest absolute Gasteiger partial charge is 0.466 e. The maximum absolute atomic E-state index is 12.4. The van der Waals surface area contributed by atoms with Gasteiger partial charge in [0.2, 0.25) is 5.91 Å². The van der Waals surface area contributed by atoms with Crippen molar-refractivity contribution in [1.29, 1.82) is 0 Å². The topological polar surface area (TPSA) is 95.9 Å². The van der Waals surface area contributed by atoms with Crippen molar-refractivity contribution in [2.45, 2.75) is 328 Å². The molecule has 0 bridgehead atoms. The summed E-state index contributed by atoms with van der Waals surface area (Å²) in [5.74, 6) is -0.0328. The van der Waals surface area contributed by atoms with Crippen molar-refractivity contribution in [2.24, 2.45) is 0 Å². The normalized spacial score (nSPS) is 12.6. The second-order valence-electron chi connectivity index (χ2n) is 19.6. The minimum absolute atomic E-state index is 0.00483. The number of ether oxygens (including phenoxy) is 1. The molecule has 0 saturated heterocycles. The lowest BCUT2D eigenvalue weighted by Gasteiger charge is -2.22. The predicted molar refractivity (Wildman–Crippen MR) is 273 cm³/mol. The molecule has 1 amide bonds. The lowest BCUT2D eigenvalue weighted by atomic mass is 10.0. The molecule has 0 aliphatic heterocycles. The molecule has 6 nitrogen and oxygen atoms in total. The molecular weight excluding hydrogens is 779 g/mol. The molecule has 0 aromatic heterocycles. The van der Waals surface area contributed by atoms with Gasteiger partial charge in [-0.05, 0) is 51.4 Å². The number of hydrogen-bond acceptors (Lipinski definition) is 5. The third-order valence-corrected chi connectivity index (χ3v) is 13.3. The zero-order valence-electron chi connectivity index (χ0n) is 42.6. The fraction of sp³-hybridized carbons (Fsp3) is 0.930. The number of aliphatic hydroxyl groups is 2. The number of aliphatic hydroxyl groups excluding tert-OH is 2. The number of nitrogens with one attached hydrogen (secondary N) is 1. The average Bonchev–Trinajstić information content (AvgIpc) is 3.28. The predicted octanol–water partition coefficient (Wildman–Crippen LogP) is 17.3. The SMILES string of the molecule is CCCCCCCCC/C=C\CCCCCCCC(=O)OCCCCCCCCCCCCCCCCCCCCCCCC(=O)NC(CO)C(O)CCCCCCCCCCC. The van der Waals surface area contributed by atoms with Crippen molar-refractivity contribution in [3.63, 3.8) is 0 Å². The summed E-state index contributed by atoms with van der Waals surface area (Å²) < 4.78 is 5.48. The number of carbonyl (C=O) groups excluding carboxylic acids is 2. The maximum atomic E-state index is 12.4. The first-order valence-corrected chi connectivity index (χ1v) is 28.4. The Morgan fingerprint density at radius 3 is 1.13 bits per heavy atom. The molecular formula is C57H111NO5. The van der Waals surface area contributed by atoms with Gasteiger partial charge in [0.15, 0.2) is 0 Å². The Hall–Kier alpha value is -1.40. The Morgan fingerprint density at radius 2 is 0.746 bits per heavy atom. The van der Waals surface area contributed by atoms with Gasteiger partial charge in [0, 0.05) is 12.8 Å². The van der Waals surface area contributed by atoms with Crippen LogP contribution in [0.1, 0.15) is 316 Å². The van der Waals surface area contributed by atoms with Crippen LogP contribution >= 0.6 is 0 Å². The Balaban J connectivity index is 3.34. The van der Waals surface area contributed by atoms with E-state index in [4.69, 9.17) is 4.74 Å². The molecule has 0 radical (unpaired) electrons. The number of unbranched alkanes of at least 4 members (excludes halogenated alkanes) is 40. The summed E-state index contributed by atoms with van der Waals surface area (Å²) in [7, 11) is 0. The molecule has 63 heavy (non-hydrogen) atoms. The van der Waals surface area contributed by atoms with Crippen LogP contribution in [0.25, 0.3) is 0 Å². The Morgan fingerprint density at radius 1 is 0.429 bits per heavy atom. The standard InChI is InChI=1S/C57H111NO5/c1-3-5-7-9-11-13-14-15-16-25-28-31-35-39-43-47-51-57(62)63-52-48-44-40-36-32-29-26-23-21-19-17-18-20-22-24-27-30-34-38-42-46-50-56(61)58-54(53-59)55(60)49-45-41-37-33-12-10-8-6-4-2/h16,25,54-55,59-60H,3-15,17-24,26-53H2,1-2H3,(H,58,61)/b25-16-. The lowest BCUT2D eigenvalue weighted by Crippen LogP contribution is -2.45. The summed E-state index contributed by atoms with van der Waals surface area (Å²) in [6, 6.07) is -0.539. The van der Waals surface area contributed by atoms with E-state index < -0.39 is 12.1 Å². The van der Waals surface area contributed by atoms with Gasteiger partial charge in [-0.25, -0.2) is 0 Å². The molecule has 6 heteroatoms. The second-order valence-corrected chi connectivity index (χ2v) is 19.6. The van der Waals surface area contributed by atoms with Gasteiger partial charge in [-0.2, -0.15) is 0 Å². The Labute approximate surface area is 393 Å². The first-order valence-electron chi connectivity index (χ1n) is 28.4. The number of rotatable bonds is 53. The van der Waals surface area contributed by atoms with Gasteiger partial charge in [0.25, 0.3) is 0 Å². The van der Waals surface area contributed by atoms with Crippen LogP contribution in [0.5, 0.6) is 0 Å². The van der Waals surface area contributed by atoms with Crippen LogP contribution in [0.2, 0.25) is 0 Å². The fourth-order valence-electron chi connectivity index (χ4n) is 8.93. The summed E-state index contributed by atoms with van der Waals surface area (Å²) >= 11 is 0. The van der Waals surface area contributed by atoms with Crippen LogP contribution in [0.3, 0.4) is 0 Å². The average molecular weight is 891 g/mol. The van der Waals surface area contributed by atoms with Crippen LogP contribution in [0, 0.1) is 0 Å². The van der Waals surface area contributed by atoms with Crippen molar-refractivity contribution >= 4 is 11.9 Å². The maximum Gasteiger partial charge on any atom is 0.305 e. The summed E-state index contributed by atoms with van der Waals surface area (Å²) in [4.78, 5) is 24.4. The molecule has 0 fully saturated rings. The van der Waals surface area contributed by atoms with E-state index in [2.05, 4.69) is 31.3 Å². The van der Waals surface area contributed by atoms with E-state index in [1.165, 1.54) is 238 Å². The molecule has 0 heterocycles. The van der Waals surface area contributed by atoms with Crippen molar-refractivity contribution in [1.82, 2.24) is 5.32 Å². The quantitative estimate of drug-likeness (QED) is 0.0321. The Bertz CT molecular complexity index is 939. The van der Waals surface area contributed by atoms with Gasteiger partial charge in [0.1, 0.15) is 0 Å². The van der Waals surface area contributed by atoms with Crippen LogP contribution in [0.4, 0.5) is 0 Å². The van der Waals surface area contributed by atoms with E-state index in [-0.39, 0.29) is 18.5 Å². The molecule has 0 aromatic rings. The van der Waals surface area contributed by atoms with Crippen LogP contribution in [0.15, 0.2) is 12.2 Å². The highest BCUT2D eigenvalue weighted by molar-refractivity contribution is 5.76. The molecule has 0 aromatic carbocycles. The first-order chi connectivity index (χ1) is 31.0. The zero-order chi connectivity index (χ0) is 45.8. The summed E-state index contributed by atoms with van der Waals surface area (Å²) in [5, 5.41) is 23.1. The summed E-state index contributed by atoms with van der Waals surface area (Å²) in [5.41, 5.74) is 0. The fourth-order valence-corrected chi connectivity index (χ4v) is 8.93. The number of esters is 1. The molecule has 0 aliphatic rings. The molecule has 0 saturated carbocycles. The van der Waals surface area contributed by atoms with E-state index in [0.717, 1.165) is 44.9 Å².